The van der Waals surface area contributed by atoms with Crippen LogP contribution in [0.3, 0.4) is 0 Å². The van der Waals surface area contributed by atoms with Gasteiger partial charge in [-0.2, -0.15) is 0 Å². The number of rotatable bonds is 0. The number of aliphatic hydroxyl groups excluding tert-OH is 1. The minimum absolute atomic E-state index is 0.118. The average Bonchev–Trinajstić information content (AvgIpc) is 2.53. The zero-order valence-corrected chi connectivity index (χ0v) is 6.41. The summed E-state index contributed by atoms with van der Waals surface area (Å²) in [5, 5.41) is 8.71. The summed E-state index contributed by atoms with van der Waals surface area (Å²) in [4.78, 5) is 11.4. The first kappa shape index (κ1) is 7.16. The van der Waals surface area contributed by atoms with Crippen LogP contribution in [-0.4, -0.2) is 10.9 Å². The van der Waals surface area contributed by atoms with Crippen LogP contribution in [0.1, 0.15) is 22.5 Å². The van der Waals surface area contributed by atoms with Crippen molar-refractivity contribution in [1.29, 1.82) is 0 Å². The third-order valence-electron chi connectivity index (χ3n) is 2.06. The van der Waals surface area contributed by atoms with Gasteiger partial charge in [0.1, 0.15) is 5.76 Å². The summed E-state index contributed by atoms with van der Waals surface area (Å²) in [5.41, 5.74) is 1.05. The van der Waals surface area contributed by atoms with E-state index in [4.69, 9.17) is 9.52 Å². The molecule has 0 radical (unpaired) electrons. The number of carbonyl (C=O) groups is 1. The first-order valence-corrected chi connectivity index (χ1v) is 3.77. The molecule has 0 spiro atoms. The Bertz CT molecular complexity index is 346. The third-order valence-corrected chi connectivity index (χ3v) is 2.06. The van der Waals surface area contributed by atoms with Crippen molar-refractivity contribution in [3.63, 3.8) is 0 Å². The standard InChI is InChI=1S/C9H8O3/c10-5-6-1-2-8-7(9(6)11)3-4-12-8/h3-5,10H,1-2H2/b6-5-. The smallest absolute Gasteiger partial charge is 0.195 e. The molecule has 62 valence electrons. The van der Waals surface area contributed by atoms with E-state index >= 15 is 0 Å². The minimum Gasteiger partial charge on any atom is -0.515 e. The molecule has 0 amide bonds. The Morgan fingerprint density at radius 1 is 1.50 bits per heavy atom. The SMILES string of the molecule is O=C1/C(=C\O)CCc2occc21. The van der Waals surface area contributed by atoms with Crippen molar-refractivity contribution < 1.29 is 14.3 Å². The lowest BCUT2D eigenvalue weighted by Gasteiger charge is -2.10. The highest BCUT2D eigenvalue weighted by molar-refractivity contribution is 6.10. The molecule has 1 heterocycles. The molecule has 1 aliphatic carbocycles. The molecular weight excluding hydrogens is 156 g/mol. The largest absolute Gasteiger partial charge is 0.515 e. The zero-order valence-electron chi connectivity index (χ0n) is 6.41. The van der Waals surface area contributed by atoms with Crippen LogP contribution in [0.4, 0.5) is 0 Å². The van der Waals surface area contributed by atoms with Gasteiger partial charge in [0.05, 0.1) is 18.1 Å². The summed E-state index contributed by atoms with van der Waals surface area (Å²) >= 11 is 0. The number of aliphatic hydroxyl groups is 1. The number of Topliss-reactive ketones (excluding diaryl/α,β-unsaturated/α-hetero) is 1. The maximum Gasteiger partial charge on any atom is 0.195 e. The number of allylic oxidation sites excluding steroid dienone is 1. The number of aryl methyl sites for hydroxylation is 1. The fraction of sp³-hybridized carbons (Fsp3) is 0.222. The number of fused-ring (bicyclic) bond motifs is 1. The molecule has 0 unspecified atom stereocenters. The Kier molecular flexibility index (Phi) is 1.50. The second-order valence-electron chi connectivity index (χ2n) is 2.74. The molecule has 0 saturated carbocycles. The quantitative estimate of drug-likeness (QED) is 0.470. The van der Waals surface area contributed by atoms with Crippen LogP contribution >= 0.6 is 0 Å². The summed E-state index contributed by atoms with van der Waals surface area (Å²) in [7, 11) is 0. The number of ketones is 1. The number of carbonyl (C=O) groups excluding carboxylic acids is 1. The molecule has 1 aliphatic rings. The lowest BCUT2D eigenvalue weighted by Crippen LogP contribution is -2.11. The lowest BCUT2D eigenvalue weighted by molar-refractivity contribution is 0.102. The van der Waals surface area contributed by atoms with Crippen LogP contribution in [0.15, 0.2) is 28.6 Å². The molecule has 1 aromatic heterocycles. The van der Waals surface area contributed by atoms with Gasteiger partial charge in [-0.15, -0.1) is 0 Å². The average molecular weight is 164 g/mol. The van der Waals surface area contributed by atoms with Crippen molar-refractivity contribution in [2.45, 2.75) is 12.8 Å². The summed E-state index contributed by atoms with van der Waals surface area (Å²) in [5.74, 6) is 0.609. The highest BCUT2D eigenvalue weighted by Gasteiger charge is 2.23. The molecule has 0 fully saturated rings. The molecule has 0 aromatic carbocycles. The van der Waals surface area contributed by atoms with Crippen molar-refractivity contribution in [3.05, 3.63) is 35.5 Å². The van der Waals surface area contributed by atoms with E-state index in [1.54, 1.807) is 6.07 Å². The predicted molar refractivity (Wildman–Crippen MR) is 42.1 cm³/mol. The molecule has 0 atom stereocenters. The lowest BCUT2D eigenvalue weighted by atomic mass is 9.93. The van der Waals surface area contributed by atoms with E-state index in [1.165, 1.54) is 6.26 Å². The maximum absolute atomic E-state index is 11.4. The van der Waals surface area contributed by atoms with Gasteiger partial charge in [-0.1, -0.05) is 0 Å². The molecule has 0 bridgehead atoms. The predicted octanol–water partition coefficient (Wildman–Crippen LogP) is 1.85. The Hall–Kier alpha value is -1.51. The van der Waals surface area contributed by atoms with Crippen molar-refractivity contribution >= 4 is 5.78 Å². The zero-order chi connectivity index (χ0) is 8.55. The first-order valence-electron chi connectivity index (χ1n) is 3.77. The summed E-state index contributed by atoms with van der Waals surface area (Å²) in [6, 6.07) is 1.64. The van der Waals surface area contributed by atoms with Crippen molar-refractivity contribution in [2.75, 3.05) is 0 Å². The molecule has 3 heteroatoms. The van der Waals surface area contributed by atoms with E-state index in [-0.39, 0.29) is 5.78 Å². The van der Waals surface area contributed by atoms with E-state index < -0.39 is 0 Å². The molecular formula is C9H8O3. The van der Waals surface area contributed by atoms with Gasteiger partial charge in [0.15, 0.2) is 5.78 Å². The Balaban J connectivity index is 2.49. The van der Waals surface area contributed by atoms with Crippen LogP contribution in [0, 0.1) is 0 Å². The van der Waals surface area contributed by atoms with Crippen molar-refractivity contribution in [1.82, 2.24) is 0 Å². The van der Waals surface area contributed by atoms with E-state index in [0.717, 1.165) is 12.0 Å². The Labute approximate surface area is 69.3 Å². The van der Waals surface area contributed by atoms with Gasteiger partial charge in [-0.05, 0) is 12.5 Å². The van der Waals surface area contributed by atoms with Crippen LogP contribution < -0.4 is 0 Å². The van der Waals surface area contributed by atoms with E-state index in [9.17, 15) is 4.79 Å². The summed E-state index contributed by atoms with van der Waals surface area (Å²) < 4.78 is 5.09. The topological polar surface area (TPSA) is 50.4 Å². The minimum atomic E-state index is -0.118. The molecule has 2 rings (SSSR count). The molecule has 0 aliphatic heterocycles. The fourth-order valence-electron chi connectivity index (χ4n) is 1.39. The molecule has 12 heavy (non-hydrogen) atoms. The van der Waals surface area contributed by atoms with Gasteiger partial charge in [0.25, 0.3) is 0 Å². The number of furan rings is 1. The Morgan fingerprint density at radius 3 is 3.08 bits per heavy atom. The van der Waals surface area contributed by atoms with Crippen molar-refractivity contribution in [3.8, 4) is 0 Å². The number of hydrogen-bond donors (Lipinski definition) is 1. The summed E-state index contributed by atoms with van der Waals surface area (Å²) in [6.07, 6.45) is 3.65. The highest BCUT2D eigenvalue weighted by Crippen LogP contribution is 2.25. The van der Waals surface area contributed by atoms with Gasteiger partial charge >= 0.3 is 0 Å². The van der Waals surface area contributed by atoms with Gasteiger partial charge in [0.2, 0.25) is 0 Å². The molecule has 1 N–H and O–H groups in total. The third kappa shape index (κ3) is 0.863. The van der Waals surface area contributed by atoms with Gasteiger partial charge < -0.3 is 9.52 Å². The van der Waals surface area contributed by atoms with Gasteiger partial charge in [0, 0.05) is 12.0 Å². The second kappa shape index (κ2) is 2.52. The molecule has 0 saturated heterocycles. The molecule has 1 aromatic rings. The molecule has 3 nitrogen and oxygen atoms in total. The van der Waals surface area contributed by atoms with Crippen molar-refractivity contribution in [2.24, 2.45) is 0 Å². The number of hydrogen-bond acceptors (Lipinski definition) is 3. The van der Waals surface area contributed by atoms with E-state index in [1.807, 2.05) is 0 Å². The Morgan fingerprint density at radius 2 is 2.33 bits per heavy atom. The van der Waals surface area contributed by atoms with Crippen LogP contribution in [0.2, 0.25) is 0 Å². The van der Waals surface area contributed by atoms with Crippen LogP contribution in [0.5, 0.6) is 0 Å². The van der Waals surface area contributed by atoms with Crippen LogP contribution in [-0.2, 0) is 6.42 Å². The fourth-order valence-corrected chi connectivity index (χ4v) is 1.39. The monoisotopic (exact) mass is 164 g/mol. The first-order chi connectivity index (χ1) is 5.83. The second-order valence-corrected chi connectivity index (χ2v) is 2.74. The maximum atomic E-state index is 11.4. The highest BCUT2D eigenvalue weighted by atomic mass is 16.3. The van der Waals surface area contributed by atoms with Gasteiger partial charge in [-0.25, -0.2) is 0 Å². The van der Waals surface area contributed by atoms with E-state index in [2.05, 4.69) is 0 Å². The van der Waals surface area contributed by atoms with Crippen LogP contribution in [0.25, 0.3) is 0 Å². The van der Waals surface area contributed by atoms with Gasteiger partial charge in [-0.3, -0.25) is 4.79 Å². The van der Waals surface area contributed by atoms with E-state index in [0.29, 0.717) is 24.0 Å². The summed E-state index contributed by atoms with van der Waals surface area (Å²) in [6.45, 7) is 0. The normalized spacial score (nSPS) is 19.7.